The first-order valence-corrected chi connectivity index (χ1v) is 7.67. The van der Waals surface area contributed by atoms with Gasteiger partial charge in [0.05, 0.1) is 6.42 Å². The van der Waals surface area contributed by atoms with Crippen LogP contribution in [0.5, 0.6) is 5.75 Å². The predicted octanol–water partition coefficient (Wildman–Crippen LogP) is 2.56. The minimum Gasteiger partial charge on any atom is -0.424 e. The summed E-state index contributed by atoms with van der Waals surface area (Å²) in [5.74, 6) is -0.0627. The van der Waals surface area contributed by atoms with Gasteiger partial charge in [0.1, 0.15) is 16.2 Å². The molecule has 0 saturated heterocycles. The standard InChI is InChI=1S/C16H14BrN3O3/c1-9-11(10(2)20-16(22)12(9)8-18)5-6-14(21)23-13-4-3-7-19-15(13)17/h3-4,7H,5-6H2,1-2H3,(H,20,22). The third-order valence-electron chi connectivity index (χ3n) is 3.45. The molecule has 0 spiro atoms. The second kappa shape index (κ2) is 7.20. The summed E-state index contributed by atoms with van der Waals surface area (Å²) in [4.78, 5) is 30.3. The lowest BCUT2D eigenvalue weighted by atomic mass is 9.99. The third kappa shape index (κ3) is 3.85. The zero-order valence-corrected chi connectivity index (χ0v) is 14.2. The maximum Gasteiger partial charge on any atom is 0.311 e. The Balaban J connectivity index is 2.13. The van der Waals surface area contributed by atoms with E-state index in [9.17, 15) is 9.59 Å². The average molecular weight is 376 g/mol. The molecule has 0 radical (unpaired) electrons. The average Bonchev–Trinajstić information content (AvgIpc) is 2.49. The van der Waals surface area contributed by atoms with E-state index in [2.05, 4.69) is 25.9 Å². The number of carbonyl (C=O) groups is 1. The van der Waals surface area contributed by atoms with E-state index in [1.54, 1.807) is 32.2 Å². The Labute approximate surface area is 141 Å². The first-order valence-electron chi connectivity index (χ1n) is 6.87. The second-order valence-corrected chi connectivity index (χ2v) is 5.69. The van der Waals surface area contributed by atoms with Crippen LogP contribution in [-0.4, -0.2) is 15.9 Å². The number of pyridine rings is 2. The van der Waals surface area contributed by atoms with E-state index in [-0.39, 0.29) is 12.0 Å². The summed E-state index contributed by atoms with van der Waals surface area (Å²) in [5, 5.41) is 9.04. The molecule has 0 bridgehead atoms. The van der Waals surface area contributed by atoms with Crippen LogP contribution < -0.4 is 10.3 Å². The summed E-state index contributed by atoms with van der Waals surface area (Å²) in [6, 6.07) is 5.20. The van der Waals surface area contributed by atoms with Crippen molar-refractivity contribution in [2.75, 3.05) is 0 Å². The molecule has 7 heteroatoms. The highest BCUT2D eigenvalue weighted by Crippen LogP contribution is 2.22. The lowest BCUT2D eigenvalue weighted by molar-refractivity contribution is -0.134. The Bertz CT molecular complexity index is 853. The highest BCUT2D eigenvalue weighted by molar-refractivity contribution is 9.10. The normalized spacial score (nSPS) is 10.2. The number of halogens is 1. The molecular formula is C16H14BrN3O3. The van der Waals surface area contributed by atoms with Crippen LogP contribution in [0.2, 0.25) is 0 Å². The fraction of sp³-hybridized carbons (Fsp3) is 0.250. The van der Waals surface area contributed by atoms with Gasteiger partial charge in [0.15, 0.2) is 5.75 Å². The number of aryl methyl sites for hydroxylation is 1. The number of nitrogens with one attached hydrogen (secondary N) is 1. The molecule has 2 rings (SSSR count). The van der Waals surface area contributed by atoms with E-state index in [1.807, 2.05) is 6.07 Å². The SMILES string of the molecule is Cc1[nH]c(=O)c(C#N)c(C)c1CCC(=O)Oc1cccnc1Br. The van der Waals surface area contributed by atoms with Crippen molar-refractivity contribution in [1.29, 1.82) is 5.26 Å². The molecule has 1 N–H and O–H groups in total. The van der Waals surface area contributed by atoms with Crippen molar-refractivity contribution >= 4 is 21.9 Å². The molecule has 0 aliphatic rings. The lowest BCUT2D eigenvalue weighted by Gasteiger charge is -2.10. The number of aromatic nitrogens is 2. The fourth-order valence-corrected chi connectivity index (χ4v) is 2.60. The molecule has 118 valence electrons. The summed E-state index contributed by atoms with van der Waals surface area (Å²) in [7, 11) is 0. The van der Waals surface area contributed by atoms with Gasteiger partial charge < -0.3 is 9.72 Å². The van der Waals surface area contributed by atoms with Gasteiger partial charge in [0, 0.05) is 11.9 Å². The first-order chi connectivity index (χ1) is 10.9. The maximum absolute atomic E-state index is 12.0. The number of hydrogen-bond donors (Lipinski definition) is 1. The summed E-state index contributed by atoms with van der Waals surface area (Å²) >= 11 is 3.21. The third-order valence-corrected chi connectivity index (χ3v) is 4.04. The van der Waals surface area contributed by atoms with E-state index < -0.39 is 11.5 Å². The molecule has 0 unspecified atom stereocenters. The van der Waals surface area contributed by atoms with Gasteiger partial charge >= 0.3 is 5.97 Å². The molecular weight excluding hydrogens is 362 g/mol. The maximum atomic E-state index is 12.0. The molecule has 0 fully saturated rings. The smallest absolute Gasteiger partial charge is 0.311 e. The Morgan fingerprint density at radius 2 is 2.22 bits per heavy atom. The number of nitriles is 1. The van der Waals surface area contributed by atoms with E-state index in [4.69, 9.17) is 10.00 Å². The topological polar surface area (TPSA) is 95.8 Å². The zero-order valence-electron chi connectivity index (χ0n) is 12.6. The van der Waals surface area contributed by atoms with Crippen LogP contribution in [-0.2, 0) is 11.2 Å². The fourth-order valence-electron chi connectivity index (χ4n) is 2.27. The number of esters is 1. The van der Waals surface area contributed by atoms with Crippen LogP contribution >= 0.6 is 15.9 Å². The molecule has 2 heterocycles. The number of rotatable bonds is 4. The van der Waals surface area contributed by atoms with Crippen LogP contribution in [0.3, 0.4) is 0 Å². The number of nitrogens with zero attached hydrogens (tertiary/aromatic N) is 2. The van der Waals surface area contributed by atoms with Crippen LogP contribution in [0.4, 0.5) is 0 Å². The minimum absolute atomic E-state index is 0.0778. The molecule has 0 saturated carbocycles. The van der Waals surface area contributed by atoms with Crippen LogP contribution in [0.15, 0.2) is 27.7 Å². The highest BCUT2D eigenvalue weighted by Gasteiger charge is 2.14. The monoisotopic (exact) mass is 375 g/mol. The molecule has 0 aliphatic heterocycles. The molecule has 0 atom stereocenters. The quantitative estimate of drug-likeness (QED) is 0.654. The molecule has 6 nitrogen and oxygen atoms in total. The van der Waals surface area contributed by atoms with Crippen molar-refractivity contribution in [3.63, 3.8) is 0 Å². The number of hydrogen-bond acceptors (Lipinski definition) is 5. The largest absolute Gasteiger partial charge is 0.424 e. The van der Waals surface area contributed by atoms with Crippen molar-refractivity contribution in [3.8, 4) is 11.8 Å². The highest BCUT2D eigenvalue weighted by atomic mass is 79.9. The second-order valence-electron chi connectivity index (χ2n) is 4.94. The van der Waals surface area contributed by atoms with Gasteiger partial charge in [-0.15, -0.1) is 0 Å². The van der Waals surface area contributed by atoms with Gasteiger partial charge in [0.25, 0.3) is 5.56 Å². The molecule has 2 aromatic heterocycles. The summed E-state index contributed by atoms with van der Waals surface area (Å²) in [6.07, 6.45) is 2.08. The van der Waals surface area contributed by atoms with Crippen LogP contribution in [0.25, 0.3) is 0 Å². The van der Waals surface area contributed by atoms with E-state index in [0.29, 0.717) is 28.0 Å². The van der Waals surface area contributed by atoms with Gasteiger partial charge in [-0.3, -0.25) is 9.59 Å². The summed E-state index contributed by atoms with van der Waals surface area (Å²) < 4.78 is 5.70. The molecule has 2 aromatic rings. The molecule has 23 heavy (non-hydrogen) atoms. The molecule has 0 amide bonds. The van der Waals surface area contributed by atoms with Crippen molar-refractivity contribution < 1.29 is 9.53 Å². The van der Waals surface area contributed by atoms with Crippen molar-refractivity contribution in [2.45, 2.75) is 26.7 Å². The van der Waals surface area contributed by atoms with Gasteiger partial charge in [-0.05, 0) is 59.5 Å². The van der Waals surface area contributed by atoms with E-state index in [0.717, 1.165) is 5.56 Å². The number of aromatic amines is 1. The van der Waals surface area contributed by atoms with Crippen LogP contribution in [0, 0.1) is 25.2 Å². The summed E-state index contributed by atoms with van der Waals surface area (Å²) in [5.41, 5.74) is 1.71. The minimum atomic E-state index is -0.415. The van der Waals surface area contributed by atoms with Gasteiger partial charge in [-0.1, -0.05) is 0 Å². The Morgan fingerprint density at radius 3 is 2.87 bits per heavy atom. The number of ether oxygens (including phenoxy) is 1. The number of carbonyl (C=O) groups excluding carboxylic acids is 1. The van der Waals surface area contributed by atoms with Crippen molar-refractivity contribution in [1.82, 2.24) is 9.97 Å². The number of H-pyrrole nitrogens is 1. The van der Waals surface area contributed by atoms with Gasteiger partial charge in [0.2, 0.25) is 0 Å². The van der Waals surface area contributed by atoms with Crippen LogP contribution in [0.1, 0.15) is 28.8 Å². The van der Waals surface area contributed by atoms with Crippen molar-refractivity contribution in [2.24, 2.45) is 0 Å². The lowest BCUT2D eigenvalue weighted by Crippen LogP contribution is -2.18. The van der Waals surface area contributed by atoms with Crippen molar-refractivity contribution in [3.05, 3.63) is 55.7 Å². The molecule has 0 aromatic carbocycles. The Kier molecular flexibility index (Phi) is 5.29. The van der Waals surface area contributed by atoms with Gasteiger partial charge in [-0.2, -0.15) is 5.26 Å². The first kappa shape index (κ1) is 16.9. The summed E-state index contributed by atoms with van der Waals surface area (Å²) in [6.45, 7) is 3.45. The van der Waals surface area contributed by atoms with Gasteiger partial charge in [-0.25, -0.2) is 4.98 Å². The Morgan fingerprint density at radius 1 is 1.48 bits per heavy atom. The zero-order chi connectivity index (χ0) is 17.0. The van der Waals surface area contributed by atoms with E-state index >= 15 is 0 Å². The predicted molar refractivity (Wildman–Crippen MR) is 87.1 cm³/mol. The van der Waals surface area contributed by atoms with E-state index in [1.165, 1.54) is 0 Å². The Hall–Kier alpha value is -2.46. The molecule has 0 aliphatic carbocycles.